The molecule has 1 aliphatic rings. The Morgan fingerprint density at radius 3 is 2.33 bits per heavy atom. The maximum absolute atomic E-state index is 5.87. The number of nitrogens with zero attached hydrogens (tertiary/aromatic N) is 1. The van der Waals surface area contributed by atoms with Crippen LogP contribution in [0.4, 0.5) is 17.1 Å². The highest BCUT2D eigenvalue weighted by Crippen LogP contribution is 2.41. The highest BCUT2D eigenvalue weighted by Gasteiger charge is 2.29. The number of nitrogens with one attached hydrogen (secondary N) is 1. The molecule has 1 aliphatic heterocycles. The summed E-state index contributed by atoms with van der Waals surface area (Å²) in [6.45, 7) is 24.1. The van der Waals surface area contributed by atoms with Crippen LogP contribution < -0.4 is 16.0 Å². The molecule has 0 spiro atoms. The minimum absolute atomic E-state index is 0.351. The molecule has 3 aromatic rings. The minimum atomic E-state index is 0.351. The first-order chi connectivity index (χ1) is 17.1. The fraction of sp³-hybridized carbons (Fsp3) is 0.273. The van der Waals surface area contributed by atoms with Crippen molar-refractivity contribution in [1.82, 2.24) is 0 Å². The van der Waals surface area contributed by atoms with Crippen LogP contribution in [-0.4, -0.2) is 6.04 Å². The van der Waals surface area contributed by atoms with E-state index in [9.17, 15) is 0 Å². The monoisotopic (exact) mass is 477 g/mol. The van der Waals surface area contributed by atoms with E-state index in [0.29, 0.717) is 12.0 Å². The Bertz CT molecular complexity index is 1330. The van der Waals surface area contributed by atoms with Gasteiger partial charge in [0.05, 0.1) is 0 Å². The predicted molar refractivity (Wildman–Crippen MR) is 159 cm³/mol. The molecule has 0 saturated carbocycles. The molecule has 36 heavy (non-hydrogen) atoms. The number of benzene rings is 3. The first kappa shape index (κ1) is 25.4. The van der Waals surface area contributed by atoms with Crippen molar-refractivity contribution in [3.05, 3.63) is 108 Å². The first-order valence-electron chi connectivity index (χ1n) is 12.8. The zero-order valence-corrected chi connectivity index (χ0v) is 22.4. The number of nitrogens with two attached hydrogens (primary N) is 1. The summed E-state index contributed by atoms with van der Waals surface area (Å²) in [6.07, 6.45) is 1.98. The molecule has 186 valence electrons. The summed E-state index contributed by atoms with van der Waals surface area (Å²) in [5.74, 6) is 0.518. The summed E-state index contributed by atoms with van der Waals surface area (Å²) in [5, 5.41) is 3.58. The van der Waals surface area contributed by atoms with E-state index < -0.39 is 0 Å². The van der Waals surface area contributed by atoms with E-state index in [1.807, 2.05) is 24.3 Å². The summed E-state index contributed by atoms with van der Waals surface area (Å²) in [7, 11) is 0. The molecule has 0 radical (unpaired) electrons. The van der Waals surface area contributed by atoms with Crippen LogP contribution in [0, 0.1) is 12.8 Å². The van der Waals surface area contributed by atoms with Crippen LogP contribution in [0.5, 0.6) is 0 Å². The van der Waals surface area contributed by atoms with Gasteiger partial charge in [-0.3, -0.25) is 0 Å². The normalized spacial score (nSPS) is 14.6. The Labute approximate surface area is 217 Å². The van der Waals surface area contributed by atoms with Gasteiger partial charge in [0.15, 0.2) is 0 Å². The SMILES string of the molecule is C=C(C)c1ccc2c(c1)CC(C)N2C(=C)c1ccc(NC(=C)c2ccc(N)cc2)c(CC(C)C)c1C. The van der Waals surface area contributed by atoms with Gasteiger partial charge in [-0.25, -0.2) is 0 Å². The van der Waals surface area contributed by atoms with E-state index in [0.717, 1.165) is 46.7 Å². The van der Waals surface area contributed by atoms with Crippen molar-refractivity contribution >= 4 is 34.0 Å². The molecule has 0 aromatic heterocycles. The molecule has 0 saturated heterocycles. The van der Waals surface area contributed by atoms with Crippen LogP contribution in [0.3, 0.4) is 0 Å². The molecule has 4 rings (SSSR count). The molecule has 3 N–H and O–H groups in total. The van der Waals surface area contributed by atoms with Crippen molar-refractivity contribution in [1.29, 1.82) is 0 Å². The zero-order valence-electron chi connectivity index (χ0n) is 22.4. The van der Waals surface area contributed by atoms with Crippen LogP contribution in [0.25, 0.3) is 17.0 Å². The second-order valence-corrected chi connectivity index (χ2v) is 10.6. The Hall–Kier alpha value is -3.72. The standard InChI is InChI=1S/C33H39N3/c1-20(2)17-31-23(6)30(14-15-32(31)35-24(7)26-9-12-29(34)13-10-26)25(8)36-22(5)18-28-19-27(21(3)4)11-16-33(28)36/h9-16,19-20,22,35H,3,7-8,17-18,34H2,1-2,4-6H3. The van der Waals surface area contributed by atoms with Gasteiger partial charge in [-0.2, -0.15) is 0 Å². The molecule has 1 heterocycles. The third-order valence-electron chi connectivity index (χ3n) is 7.15. The third-order valence-corrected chi connectivity index (χ3v) is 7.15. The van der Waals surface area contributed by atoms with Crippen molar-refractivity contribution in [2.45, 2.75) is 53.5 Å². The number of hydrogen-bond donors (Lipinski definition) is 2. The molecule has 3 nitrogen and oxygen atoms in total. The molecule has 1 unspecified atom stereocenters. The van der Waals surface area contributed by atoms with Gasteiger partial charge in [0.1, 0.15) is 0 Å². The minimum Gasteiger partial charge on any atom is -0.399 e. The maximum Gasteiger partial charge on any atom is 0.0447 e. The van der Waals surface area contributed by atoms with Gasteiger partial charge >= 0.3 is 0 Å². The fourth-order valence-electron chi connectivity index (χ4n) is 5.21. The quantitative estimate of drug-likeness (QED) is 0.321. The number of allylic oxidation sites excluding steroid dienone is 1. The predicted octanol–water partition coefficient (Wildman–Crippen LogP) is 8.31. The van der Waals surface area contributed by atoms with E-state index in [1.54, 1.807) is 0 Å². The third kappa shape index (κ3) is 4.97. The van der Waals surface area contributed by atoms with Gasteiger partial charge in [0.2, 0.25) is 0 Å². The van der Waals surface area contributed by atoms with Crippen LogP contribution in [0.2, 0.25) is 0 Å². The number of fused-ring (bicyclic) bond motifs is 1. The van der Waals surface area contributed by atoms with Crippen LogP contribution >= 0.6 is 0 Å². The zero-order chi connectivity index (χ0) is 26.1. The van der Waals surface area contributed by atoms with Crippen molar-refractivity contribution in [3.63, 3.8) is 0 Å². The van der Waals surface area contributed by atoms with Crippen molar-refractivity contribution in [2.75, 3.05) is 16.0 Å². The largest absolute Gasteiger partial charge is 0.399 e. The molecule has 0 fully saturated rings. The second-order valence-electron chi connectivity index (χ2n) is 10.6. The Balaban J connectivity index is 1.69. The second kappa shape index (κ2) is 10.1. The molecule has 0 bridgehead atoms. The van der Waals surface area contributed by atoms with Crippen molar-refractivity contribution in [2.24, 2.45) is 5.92 Å². The topological polar surface area (TPSA) is 41.3 Å². The number of anilines is 3. The Morgan fingerprint density at radius 2 is 1.69 bits per heavy atom. The highest BCUT2D eigenvalue weighted by molar-refractivity contribution is 5.86. The van der Waals surface area contributed by atoms with E-state index in [-0.39, 0.29) is 0 Å². The van der Waals surface area contributed by atoms with Gasteiger partial charge in [0.25, 0.3) is 0 Å². The summed E-state index contributed by atoms with van der Waals surface area (Å²) < 4.78 is 0. The molecular formula is C33H39N3. The molecule has 0 amide bonds. The summed E-state index contributed by atoms with van der Waals surface area (Å²) in [6, 6.07) is 19.2. The first-order valence-corrected chi connectivity index (χ1v) is 12.8. The lowest BCUT2D eigenvalue weighted by molar-refractivity contribution is 0.645. The summed E-state index contributed by atoms with van der Waals surface area (Å²) in [4.78, 5) is 2.40. The van der Waals surface area contributed by atoms with E-state index in [4.69, 9.17) is 5.73 Å². The van der Waals surface area contributed by atoms with Gasteiger partial charge in [0, 0.05) is 40.1 Å². The van der Waals surface area contributed by atoms with Crippen LogP contribution in [-0.2, 0) is 12.8 Å². The van der Waals surface area contributed by atoms with Crippen LogP contribution in [0.1, 0.15) is 61.1 Å². The van der Waals surface area contributed by atoms with E-state index >= 15 is 0 Å². The van der Waals surface area contributed by atoms with Crippen molar-refractivity contribution < 1.29 is 0 Å². The number of nitrogen functional groups attached to an aromatic ring is 1. The van der Waals surface area contributed by atoms with Gasteiger partial charge in [-0.1, -0.05) is 63.4 Å². The van der Waals surface area contributed by atoms with Gasteiger partial charge < -0.3 is 16.0 Å². The average Bonchev–Trinajstić information content (AvgIpc) is 3.16. The molecular weight excluding hydrogens is 438 g/mol. The number of hydrogen-bond acceptors (Lipinski definition) is 3. The lowest BCUT2D eigenvalue weighted by Crippen LogP contribution is -2.27. The molecule has 0 aliphatic carbocycles. The Morgan fingerprint density at radius 1 is 1.03 bits per heavy atom. The Kier molecular flexibility index (Phi) is 7.12. The lowest BCUT2D eigenvalue weighted by Gasteiger charge is -2.29. The average molecular weight is 478 g/mol. The van der Waals surface area contributed by atoms with Gasteiger partial charge in [-0.05, 0) is 97.7 Å². The van der Waals surface area contributed by atoms with E-state index in [1.165, 1.54) is 33.5 Å². The lowest BCUT2D eigenvalue weighted by atomic mass is 9.91. The molecule has 3 aromatic carbocycles. The van der Waals surface area contributed by atoms with Gasteiger partial charge in [-0.15, -0.1) is 0 Å². The molecule has 3 heteroatoms. The number of rotatable bonds is 8. The summed E-state index contributed by atoms with van der Waals surface area (Å²) in [5.41, 5.74) is 19.4. The van der Waals surface area contributed by atoms with Crippen molar-refractivity contribution in [3.8, 4) is 0 Å². The van der Waals surface area contributed by atoms with Crippen LogP contribution in [0.15, 0.2) is 74.3 Å². The fourth-order valence-corrected chi connectivity index (χ4v) is 5.21. The smallest absolute Gasteiger partial charge is 0.0447 e. The maximum atomic E-state index is 5.87. The highest BCUT2D eigenvalue weighted by atomic mass is 15.2. The molecule has 1 atom stereocenters. The van der Waals surface area contributed by atoms with E-state index in [2.05, 4.69) is 94.9 Å². The summed E-state index contributed by atoms with van der Waals surface area (Å²) >= 11 is 0.